The van der Waals surface area contributed by atoms with Gasteiger partial charge in [0.25, 0.3) is 0 Å². The number of esters is 3. The zero-order valence-corrected chi connectivity index (χ0v) is 21.6. The molecule has 6 aliphatic carbocycles. The van der Waals surface area contributed by atoms with Crippen LogP contribution >= 0.6 is 0 Å². The van der Waals surface area contributed by atoms with Crippen molar-refractivity contribution in [2.24, 2.45) is 51.8 Å². The monoisotopic (exact) mass is 494 g/mol. The number of carbonyl (C=O) groups excluding carboxylic acids is 3. The molecule has 6 aliphatic rings. The van der Waals surface area contributed by atoms with E-state index in [1.165, 1.54) is 0 Å². The Morgan fingerprint density at radius 2 is 1.00 bits per heavy atom. The quantitative estimate of drug-likeness (QED) is 0.274. The molecule has 0 N–H and O–H groups in total. The topological polar surface area (TPSA) is 78.9 Å². The Kier molecular flexibility index (Phi) is 5.55. The third kappa shape index (κ3) is 3.69. The standard InChI is InChI=1S/C30H38O6/c1-28(13-18-4-7-21(28)10-18)25(31)34-16-24(36-27(33)30(3)15-20-6-9-23(30)12-20)17-35-26(32)29(2)14-19-5-8-22(29)11-19/h4-9,18-24H,10-17H2,1-3H3. The van der Waals surface area contributed by atoms with Crippen LogP contribution in [-0.4, -0.2) is 37.2 Å². The van der Waals surface area contributed by atoms with Crippen LogP contribution in [0.25, 0.3) is 0 Å². The smallest absolute Gasteiger partial charge is 0.312 e. The summed E-state index contributed by atoms with van der Waals surface area (Å²) in [6.45, 7) is 5.70. The van der Waals surface area contributed by atoms with Gasteiger partial charge < -0.3 is 14.2 Å². The van der Waals surface area contributed by atoms with Gasteiger partial charge in [-0.1, -0.05) is 36.5 Å². The van der Waals surface area contributed by atoms with Crippen molar-refractivity contribution in [2.45, 2.75) is 65.4 Å². The SMILES string of the molecule is CC1(C(=O)OCC(COC(=O)C2(C)CC3C=CC2C3)OC(=O)C2(C)CC3C=CC2C3)CC2C=CC1C2. The van der Waals surface area contributed by atoms with Gasteiger partial charge in [-0.2, -0.15) is 0 Å². The van der Waals surface area contributed by atoms with Gasteiger partial charge in [-0.05, 0) is 94.8 Å². The lowest BCUT2D eigenvalue weighted by Crippen LogP contribution is -2.42. The fourth-order valence-electron chi connectivity index (χ4n) is 8.06. The van der Waals surface area contributed by atoms with Crippen LogP contribution in [0.15, 0.2) is 36.5 Å². The second-order valence-corrected chi connectivity index (χ2v) is 13.1. The lowest BCUT2D eigenvalue weighted by atomic mass is 9.77. The van der Waals surface area contributed by atoms with Gasteiger partial charge in [0.15, 0.2) is 6.10 Å². The summed E-state index contributed by atoms with van der Waals surface area (Å²) >= 11 is 0. The van der Waals surface area contributed by atoms with Crippen LogP contribution in [0, 0.1) is 51.8 Å². The Morgan fingerprint density at radius 1 is 0.639 bits per heavy atom. The number of rotatable bonds is 8. The van der Waals surface area contributed by atoms with Crippen molar-refractivity contribution in [1.82, 2.24) is 0 Å². The van der Waals surface area contributed by atoms with Crippen LogP contribution in [0.2, 0.25) is 0 Å². The summed E-state index contributed by atoms with van der Waals surface area (Å²) in [5.74, 6) is 1.03. The van der Waals surface area contributed by atoms with E-state index in [9.17, 15) is 14.4 Å². The molecule has 0 spiro atoms. The predicted molar refractivity (Wildman–Crippen MR) is 132 cm³/mol. The van der Waals surface area contributed by atoms with E-state index >= 15 is 0 Å². The minimum Gasteiger partial charge on any atom is -0.461 e. The van der Waals surface area contributed by atoms with E-state index in [4.69, 9.17) is 14.2 Å². The number of hydrogen-bond acceptors (Lipinski definition) is 6. The zero-order valence-electron chi connectivity index (χ0n) is 21.6. The number of carbonyl (C=O) groups is 3. The minimum absolute atomic E-state index is 0.1000. The van der Waals surface area contributed by atoms with Crippen LogP contribution in [0.3, 0.4) is 0 Å². The Bertz CT molecular complexity index is 1000. The molecule has 0 aromatic rings. The third-order valence-corrected chi connectivity index (χ3v) is 10.5. The molecule has 0 aromatic heterocycles. The van der Waals surface area contributed by atoms with E-state index in [0.717, 1.165) is 38.5 Å². The molecule has 0 aliphatic heterocycles. The van der Waals surface area contributed by atoms with Crippen LogP contribution < -0.4 is 0 Å². The number of fused-ring (bicyclic) bond motifs is 6. The molecule has 0 radical (unpaired) electrons. The first kappa shape index (κ1) is 24.0. The maximum atomic E-state index is 13.3. The summed E-state index contributed by atoms with van der Waals surface area (Å²) in [5, 5.41) is 0. The fourth-order valence-corrected chi connectivity index (χ4v) is 8.06. The second kappa shape index (κ2) is 8.32. The largest absolute Gasteiger partial charge is 0.461 e. The Hall–Kier alpha value is -2.37. The van der Waals surface area contributed by atoms with Gasteiger partial charge in [0.1, 0.15) is 13.2 Å². The van der Waals surface area contributed by atoms with Crippen LogP contribution in [0.4, 0.5) is 0 Å². The minimum atomic E-state index is -0.819. The highest BCUT2D eigenvalue weighted by Crippen LogP contribution is 2.54. The molecule has 194 valence electrons. The van der Waals surface area contributed by atoms with E-state index in [0.29, 0.717) is 17.8 Å². The van der Waals surface area contributed by atoms with Crippen LogP contribution in [0.5, 0.6) is 0 Å². The summed E-state index contributed by atoms with van der Waals surface area (Å²) in [6.07, 6.45) is 17.4. The van der Waals surface area contributed by atoms with Crippen molar-refractivity contribution in [3.05, 3.63) is 36.5 Å². The molecule has 0 saturated heterocycles. The van der Waals surface area contributed by atoms with Crippen LogP contribution in [-0.2, 0) is 28.6 Å². The Labute approximate surface area is 213 Å². The molecule has 9 unspecified atom stereocenters. The highest BCUT2D eigenvalue weighted by molar-refractivity contribution is 5.80. The molecule has 9 atom stereocenters. The molecule has 6 rings (SSSR count). The molecule has 3 fully saturated rings. The lowest BCUT2D eigenvalue weighted by molar-refractivity contribution is -0.180. The second-order valence-electron chi connectivity index (χ2n) is 13.1. The van der Waals surface area contributed by atoms with Crippen molar-refractivity contribution in [3.63, 3.8) is 0 Å². The number of ether oxygens (including phenoxy) is 3. The predicted octanol–water partition coefficient (Wildman–Crippen LogP) is 4.79. The highest BCUT2D eigenvalue weighted by atomic mass is 16.6. The number of hydrogen-bond donors (Lipinski definition) is 0. The summed E-state index contributed by atoms with van der Waals surface area (Å²) in [7, 11) is 0. The van der Waals surface area contributed by atoms with Gasteiger partial charge in [0.05, 0.1) is 16.2 Å². The van der Waals surface area contributed by atoms with Gasteiger partial charge in [-0.25, -0.2) is 0 Å². The Morgan fingerprint density at radius 3 is 1.31 bits per heavy atom. The van der Waals surface area contributed by atoms with Crippen molar-refractivity contribution < 1.29 is 28.6 Å². The average molecular weight is 495 g/mol. The Balaban J connectivity index is 1.12. The first-order valence-corrected chi connectivity index (χ1v) is 13.7. The summed E-state index contributed by atoms with van der Waals surface area (Å²) in [4.78, 5) is 39.6. The normalized spacial score (nSPS) is 45.4. The van der Waals surface area contributed by atoms with E-state index in [2.05, 4.69) is 36.5 Å². The zero-order chi connectivity index (χ0) is 25.3. The maximum Gasteiger partial charge on any atom is 0.312 e. The van der Waals surface area contributed by atoms with Crippen LogP contribution in [0.1, 0.15) is 59.3 Å². The third-order valence-electron chi connectivity index (χ3n) is 10.5. The molecule has 0 heterocycles. The molecule has 0 amide bonds. The van der Waals surface area contributed by atoms with Gasteiger partial charge in [-0.15, -0.1) is 0 Å². The van der Waals surface area contributed by atoms with Crippen molar-refractivity contribution in [1.29, 1.82) is 0 Å². The molecular weight excluding hydrogens is 456 g/mol. The molecular formula is C30H38O6. The molecule has 3 saturated carbocycles. The first-order valence-electron chi connectivity index (χ1n) is 13.7. The molecule has 6 heteroatoms. The van der Waals surface area contributed by atoms with Crippen molar-refractivity contribution in [2.75, 3.05) is 13.2 Å². The van der Waals surface area contributed by atoms with Gasteiger partial charge >= 0.3 is 17.9 Å². The lowest BCUT2D eigenvalue weighted by Gasteiger charge is -2.33. The van der Waals surface area contributed by atoms with Gasteiger partial charge in [0.2, 0.25) is 0 Å². The van der Waals surface area contributed by atoms with Crippen molar-refractivity contribution in [3.8, 4) is 0 Å². The maximum absolute atomic E-state index is 13.3. The molecule has 36 heavy (non-hydrogen) atoms. The molecule has 6 nitrogen and oxygen atoms in total. The van der Waals surface area contributed by atoms with E-state index in [1.54, 1.807) is 0 Å². The van der Waals surface area contributed by atoms with E-state index in [1.807, 2.05) is 20.8 Å². The van der Waals surface area contributed by atoms with E-state index < -0.39 is 22.3 Å². The van der Waals surface area contributed by atoms with E-state index in [-0.39, 0.29) is 48.9 Å². The first-order chi connectivity index (χ1) is 17.1. The highest BCUT2D eigenvalue weighted by Gasteiger charge is 2.54. The molecule has 6 bridgehead atoms. The van der Waals surface area contributed by atoms with Gasteiger partial charge in [0, 0.05) is 0 Å². The average Bonchev–Trinajstić information content (AvgIpc) is 3.67. The summed E-state index contributed by atoms with van der Waals surface area (Å²) in [5.41, 5.74) is -1.68. The fraction of sp³-hybridized carbons (Fsp3) is 0.700. The molecule has 0 aromatic carbocycles. The summed E-state index contributed by atoms with van der Waals surface area (Å²) < 4.78 is 17.5. The summed E-state index contributed by atoms with van der Waals surface area (Å²) in [6, 6.07) is 0. The van der Waals surface area contributed by atoms with Gasteiger partial charge in [-0.3, -0.25) is 14.4 Å². The number of allylic oxidation sites excluding steroid dienone is 6. The van der Waals surface area contributed by atoms with Crippen molar-refractivity contribution >= 4 is 17.9 Å².